The minimum absolute atomic E-state index is 0.132. The van der Waals surface area contributed by atoms with Crippen molar-refractivity contribution < 1.29 is 19.0 Å². The summed E-state index contributed by atoms with van der Waals surface area (Å²) in [6.45, 7) is 3.30. The van der Waals surface area contributed by atoms with E-state index in [-0.39, 0.29) is 5.91 Å². The first-order chi connectivity index (χ1) is 13.1. The summed E-state index contributed by atoms with van der Waals surface area (Å²) in [5, 5.41) is 2.87. The highest BCUT2D eigenvalue weighted by Crippen LogP contribution is 2.25. The van der Waals surface area contributed by atoms with E-state index in [1.54, 1.807) is 26.4 Å². The molecule has 0 aliphatic heterocycles. The molecule has 0 saturated heterocycles. The molecule has 144 valence electrons. The zero-order chi connectivity index (χ0) is 19.5. The molecule has 1 amide bonds. The van der Waals surface area contributed by atoms with Gasteiger partial charge < -0.3 is 19.5 Å². The Balaban J connectivity index is 1.67. The molecule has 0 spiro atoms. The largest absolute Gasteiger partial charge is 0.497 e. The zero-order valence-corrected chi connectivity index (χ0v) is 16.2. The Bertz CT molecular complexity index is 753. The molecule has 0 atom stereocenters. The minimum atomic E-state index is -0.132. The van der Waals surface area contributed by atoms with E-state index in [4.69, 9.17) is 14.2 Å². The van der Waals surface area contributed by atoms with Crippen LogP contribution in [0, 0.1) is 6.92 Å². The Morgan fingerprint density at radius 3 is 2.44 bits per heavy atom. The van der Waals surface area contributed by atoms with Crippen LogP contribution in [0.2, 0.25) is 0 Å². The lowest BCUT2D eigenvalue weighted by atomic mass is 10.1. The summed E-state index contributed by atoms with van der Waals surface area (Å²) in [6.07, 6.45) is 4.97. The van der Waals surface area contributed by atoms with Crippen molar-refractivity contribution in [2.45, 2.75) is 19.8 Å². The minimum Gasteiger partial charge on any atom is -0.497 e. The van der Waals surface area contributed by atoms with E-state index >= 15 is 0 Å². The lowest BCUT2D eigenvalue weighted by Crippen LogP contribution is -2.22. The molecule has 0 heterocycles. The van der Waals surface area contributed by atoms with Crippen molar-refractivity contribution in [1.29, 1.82) is 0 Å². The highest BCUT2D eigenvalue weighted by atomic mass is 16.5. The molecule has 1 N–H and O–H groups in total. The summed E-state index contributed by atoms with van der Waals surface area (Å²) in [5.74, 6) is 2.11. The first-order valence-electron chi connectivity index (χ1n) is 9.00. The maximum absolute atomic E-state index is 11.9. The van der Waals surface area contributed by atoms with Crippen molar-refractivity contribution in [3.05, 3.63) is 59.7 Å². The number of hydrogen-bond acceptors (Lipinski definition) is 4. The van der Waals surface area contributed by atoms with Crippen LogP contribution in [-0.4, -0.2) is 33.3 Å². The molecule has 0 fully saturated rings. The summed E-state index contributed by atoms with van der Waals surface area (Å²) < 4.78 is 16.1. The summed E-state index contributed by atoms with van der Waals surface area (Å²) >= 11 is 0. The maximum Gasteiger partial charge on any atom is 0.244 e. The van der Waals surface area contributed by atoms with Gasteiger partial charge in [-0.3, -0.25) is 4.79 Å². The second-order valence-electron chi connectivity index (χ2n) is 6.10. The Morgan fingerprint density at radius 1 is 1.00 bits per heavy atom. The fourth-order valence-corrected chi connectivity index (χ4v) is 2.44. The van der Waals surface area contributed by atoms with E-state index in [0.29, 0.717) is 24.7 Å². The monoisotopic (exact) mass is 369 g/mol. The average molecular weight is 369 g/mol. The second-order valence-corrected chi connectivity index (χ2v) is 6.10. The van der Waals surface area contributed by atoms with Crippen LogP contribution in [0.4, 0.5) is 0 Å². The summed E-state index contributed by atoms with van der Waals surface area (Å²) in [4.78, 5) is 11.9. The van der Waals surface area contributed by atoms with E-state index in [1.165, 1.54) is 11.6 Å². The summed E-state index contributed by atoms with van der Waals surface area (Å²) in [5.41, 5.74) is 2.03. The second kappa shape index (κ2) is 10.9. The fraction of sp³-hybridized carbons (Fsp3) is 0.318. The Morgan fingerprint density at radius 2 is 1.74 bits per heavy atom. The van der Waals surface area contributed by atoms with Crippen molar-refractivity contribution in [3.8, 4) is 17.2 Å². The number of benzene rings is 2. The number of unbranched alkanes of at least 4 members (excludes halogenated alkanes) is 1. The Kier molecular flexibility index (Phi) is 8.23. The van der Waals surface area contributed by atoms with Gasteiger partial charge in [-0.1, -0.05) is 17.7 Å². The number of rotatable bonds is 10. The topological polar surface area (TPSA) is 56.8 Å². The lowest BCUT2D eigenvalue weighted by molar-refractivity contribution is -0.116. The van der Waals surface area contributed by atoms with Crippen LogP contribution in [0.3, 0.4) is 0 Å². The quantitative estimate of drug-likeness (QED) is 0.508. The van der Waals surface area contributed by atoms with Crippen LogP contribution in [0.5, 0.6) is 17.2 Å². The molecule has 2 aromatic carbocycles. The van der Waals surface area contributed by atoms with E-state index in [2.05, 4.69) is 5.32 Å². The van der Waals surface area contributed by atoms with Crippen molar-refractivity contribution in [3.63, 3.8) is 0 Å². The maximum atomic E-state index is 11.9. The molecule has 0 unspecified atom stereocenters. The average Bonchev–Trinajstić information content (AvgIpc) is 2.70. The Labute approximate surface area is 161 Å². The van der Waals surface area contributed by atoms with Crippen molar-refractivity contribution >= 4 is 12.0 Å². The smallest absolute Gasteiger partial charge is 0.244 e. The third-order valence-electron chi connectivity index (χ3n) is 4.01. The van der Waals surface area contributed by atoms with Gasteiger partial charge in [0.1, 0.15) is 17.2 Å². The number of amides is 1. The van der Waals surface area contributed by atoms with Crippen molar-refractivity contribution in [1.82, 2.24) is 5.32 Å². The number of carbonyl (C=O) groups is 1. The van der Waals surface area contributed by atoms with Crippen LogP contribution in [-0.2, 0) is 4.79 Å². The molecule has 0 aromatic heterocycles. The summed E-state index contributed by atoms with van der Waals surface area (Å²) in [7, 11) is 3.19. The van der Waals surface area contributed by atoms with E-state index in [9.17, 15) is 4.79 Å². The van der Waals surface area contributed by atoms with Gasteiger partial charge in [-0.05, 0) is 50.1 Å². The molecule has 5 heteroatoms. The number of aryl methyl sites for hydroxylation is 1. The molecule has 2 rings (SSSR count). The molecule has 27 heavy (non-hydrogen) atoms. The number of methoxy groups -OCH3 is 2. The SMILES string of the molecule is COc1ccc(/C=C/C(=O)NCCCCOc2ccc(C)cc2)c(OC)c1. The van der Waals surface area contributed by atoms with Gasteiger partial charge in [0.05, 0.1) is 20.8 Å². The van der Waals surface area contributed by atoms with Gasteiger partial charge in [-0.2, -0.15) is 0 Å². The number of hydrogen-bond donors (Lipinski definition) is 1. The van der Waals surface area contributed by atoms with Gasteiger partial charge in [0.2, 0.25) is 5.91 Å². The van der Waals surface area contributed by atoms with Gasteiger partial charge in [-0.25, -0.2) is 0 Å². The molecule has 0 aliphatic rings. The van der Waals surface area contributed by atoms with Crippen molar-refractivity contribution in [2.75, 3.05) is 27.4 Å². The van der Waals surface area contributed by atoms with Crippen LogP contribution in [0.25, 0.3) is 6.08 Å². The first kappa shape index (κ1) is 20.4. The third kappa shape index (κ3) is 7.05. The van der Waals surface area contributed by atoms with Crippen molar-refractivity contribution in [2.24, 2.45) is 0 Å². The highest BCUT2D eigenvalue weighted by Gasteiger charge is 2.03. The molecular formula is C22H27NO4. The van der Waals surface area contributed by atoms with Crippen LogP contribution >= 0.6 is 0 Å². The van der Waals surface area contributed by atoms with Gasteiger partial charge in [0.25, 0.3) is 0 Å². The molecular weight excluding hydrogens is 342 g/mol. The number of ether oxygens (including phenoxy) is 3. The number of carbonyl (C=O) groups excluding carboxylic acids is 1. The first-order valence-corrected chi connectivity index (χ1v) is 9.00. The fourth-order valence-electron chi connectivity index (χ4n) is 2.44. The predicted molar refractivity (Wildman–Crippen MR) is 107 cm³/mol. The van der Waals surface area contributed by atoms with Crippen LogP contribution < -0.4 is 19.5 Å². The Hall–Kier alpha value is -2.95. The molecule has 0 aliphatic carbocycles. The normalized spacial score (nSPS) is 10.6. The summed E-state index contributed by atoms with van der Waals surface area (Å²) in [6, 6.07) is 13.5. The van der Waals surface area contributed by atoms with Crippen LogP contribution in [0.1, 0.15) is 24.0 Å². The van der Waals surface area contributed by atoms with E-state index < -0.39 is 0 Å². The molecule has 0 bridgehead atoms. The van der Waals surface area contributed by atoms with Gasteiger partial charge >= 0.3 is 0 Å². The molecule has 0 saturated carbocycles. The lowest BCUT2D eigenvalue weighted by Gasteiger charge is -2.08. The highest BCUT2D eigenvalue weighted by molar-refractivity contribution is 5.92. The van der Waals surface area contributed by atoms with E-state index in [0.717, 1.165) is 24.2 Å². The van der Waals surface area contributed by atoms with Crippen LogP contribution in [0.15, 0.2) is 48.5 Å². The van der Waals surface area contributed by atoms with Gasteiger partial charge in [0.15, 0.2) is 0 Å². The standard InChI is InChI=1S/C22H27NO4/c1-17-6-10-19(11-7-17)27-15-5-4-14-23-22(24)13-9-18-8-12-20(25-2)16-21(18)26-3/h6-13,16H,4-5,14-15H2,1-3H3,(H,23,24)/b13-9+. The molecule has 5 nitrogen and oxygen atoms in total. The van der Waals surface area contributed by atoms with E-state index in [1.807, 2.05) is 43.3 Å². The third-order valence-corrected chi connectivity index (χ3v) is 4.01. The van der Waals surface area contributed by atoms with Gasteiger partial charge in [-0.15, -0.1) is 0 Å². The zero-order valence-electron chi connectivity index (χ0n) is 16.2. The molecule has 0 radical (unpaired) electrons. The number of nitrogens with one attached hydrogen (secondary N) is 1. The van der Waals surface area contributed by atoms with Gasteiger partial charge in [0, 0.05) is 24.3 Å². The predicted octanol–water partition coefficient (Wildman–Crippen LogP) is 4.00. The molecule has 2 aromatic rings.